The van der Waals surface area contributed by atoms with Crippen LogP contribution in [0.1, 0.15) is 107 Å². The van der Waals surface area contributed by atoms with E-state index >= 15 is 0 Å². The highest BCUT2D eigenvalue weighted by molar-refractivity contribution is 7.74. The second-order valence-electron chi connectivity index (χ2n) is 11.0. The van der Waals surface area contributed by atoms with Crippen LogP contribution in [0.25, 0.3) is 11.0 Å². The van der Waals surface area contributed by atoms with Crippen LogP contribution in [-0.4, -0.2) is 51.9 Å². The second-order valence-corrected chi connectivity index (χ2v) is 12.0. The van der Waals surface area contributed by atoms with Gasteiger partial charge in [-0.1, -0.05) is 53.4 Å². The van der Waals surface area contributed by atoms with Crippen LogP contribution >= 0.6 is 0 Å². The van der Waals surface area contributed by atoms with Gasteiger partial charge in [-0.25, -0.2) is 8.42 Å². The smallest absolute Gasteiger partial charge is 0.225 e. The molecule has 42 heavy (non-hydrogen) atoms. The fourth-order valence-electron chi connectivity index (χ4n) is 5.10. The summed E-state index contributed by atoms with van der Waals surface area (Å²) in [5, 5.41) is 0.651. The van der Waals surface area contributed by atoms with Crippen molar-refractivity contribution in [2.24, 2.45) is 0 Å². The van der Waals surface area contributed by atoms with Crippen LogP contribution in [0.5, 0.6) is 5.75 Å². The number of thiol groups is 1. The van der Waals surface area contributed by atoms with Crippen molar-refractivity contribution in [3.63, 3.8) is 0 Å². The minimum Gasteiger partial charge on any atom is -0.494 e. The van der Waals surface area contributed by atoms with E-state index in [0.29, 0.717) is 53.1 Å². The summed E-state index contributed by atoms with van der Waals surface area (Å²) in [4.78, 5) is 16.4. The van der Waals surface area contributed by atoms with Crippen LogP contribution in [0.15, 0.2) is 46.9 Å². The third kappa shape index (κ3) is 9.60. The summed E-state index contributed by atoms with van der Waals surface area (Å²) < 4.78 is 37.6. The molecular formula is C34H50N2O5S. The van der Waals surface area contributed by atoms with Crippen molar-refractivity contribution in [3.8, 4) is 5.75 Å². The Bertz CT molecular complexity index is 1300. The largest absolute Gasteiger partial charge is 0.494 e. The number of ketones is 1. The topological polar surface area (TPSA) is 80.1 Å². The van der Waals surface area contributed by atoms with Gasteiger partial charge in [0, 0.05) is 30.5 Å². The molecule has 0 atom stereocenters. The van der Waals surface area contributed by atoms with Gasteiger partial charge >= 0.3 is 0 Å². The van der Waals surface area contributed by atoms with E-state index in [1.807, 2.05) is 19.1 Å². The van der Waals surface area contributed by atoms with E-state index in [-0.39, 0.29) is 5.78 Å². The molecule has 0 bridgehead atoms. The summed E-state index contributed by atoms with van der Waals surface area (Å²) in [5.41, 5.74) is 2.22. The Labute approximate surface area is 254 Å². The maximum absolute atomic E-state index is 13.9. The number of hydrogen-bond acceptors (Lipinski definition) is 6. The van der Waals surface area contributed by atoms with Crippen LogP contribution in [0, 0.1) is 0 Å². The van der Waals surface area contributed by atoms with Gasteiger partial charge in [-0.2, -0.15) is 0 Å². The van der Waals surface area contributed by atoms with E-state index in [1.165, 1.54) is 30.0 Å². The van der Waals surface area contributed by atoms with Gasteiger partial charge < -0.3 is 14.1 Å². The third-order valence-electron chi connectivity index (χ3n) is 7.61. The highest BCUT2D eigenvalue weighted by atomic mass is 32.2. The molecule has 0 unspecified atom stereocenters. The molecular weight excluding hydrogens is 548 g/mol. The zero-order chi connectivity index (χ0) is 30.3. The van der Waals surface area contributed by atoms with Gasteiger partial charge in [-0.05, 0) is 87.7 Å². The minimum absolute atomic E-state index is 0.127. The van der Waals surface area contributed by atoms with Crippen molar-refractivity contribution in [2.45, 2.75) is 91.9 Å². The first kappa shape index (κ1) is 33.7. The summed E-state index contributed by atoms with van der Waals surface area (Å²) in [6.07, 6.45) is 9.97. The molecule has 0 aliphatic rings. The fourth-order valence-corrected chi connectivity index (χ4v) is 5.71. The highest BCUT2D eigenvalue weighted by Crippen LogP contribution is 2.33. The van der Waals surface area contributed by atoms with E-state index in [1.54, 1.807) is 30.3 Å². The lowest BCUT2D eigenvalue weighted by atomic mass is 9.98. The molecule has 0 fully saturated rings. The van der Waals surface area contributed by atoms with Gasteiger partial charge in [0.25, 0.3) is 0 Å². The average Bonchev–Trinajstić information content (AvgIpc) is 3.36. The predicted octanol–water partition coefficient (Wildman–Crippen LogP) is 7.81. The molecule has 232 valence electrons. The Morgan fingerprint density at radius 1 is 0.786 bits per heavy atom. The van der Waals surface area contributed by atoms with Crippen molar-refractivity contribution >= 4 is 33.3 Å². The lowest BCUT2D eigenvalue weighted by Crippen LogP contribution is -2.28. The quantitative estimate of drug-likeness (QED) is 0.0765. The summed E-state index contributed by atoms with van der Waals surface area (Å²) in [7, 11) is -2.80. The van der Waals surface area contributed by atoms with Gasteiger partial charge in [0.1, 0.15) is 17.1 Å². The number of carbonyl (C=O) groups is 1. The lowest BCUT2D eigenvalue weighted by molar-refractivity contribution is 0.103. The SMILES string of the molecule is CCCCc1oc2ccc(N(CCCC)[SH](=O)=O)cc2c1C(=O)c1ccc(OCCCN(CCCC)CCCC)cc1. The Morgan fingerprint density at radius 3 is 2.02 bits per heavy atom. The normalized spacial score (nSPS) is 11.6. The second kappa shape index (κ2) is 18.0. The van der Waals surface area contributed by atoms with E-state index in [2.05, 4.69) is 25.7 Å². The highest BCUT2D eigenvalue weighted by Gasteiger charge is 2.23. The standard InChI is InChI=1S/C34H50N2O5S/c1-5-9-14-32-33(30-26-28(17-20-31(30)41-32)36(42(38)39)24-12-8-4)34(37)27-15-18-29(19-16-27)40-25-13-23-35(21-10-6-2)22-11-7-3/h15-20,26,42H,5-14,21-25H2,1-4H3. The molecule has 0 spiro atoms. The lowest BCUT2D eigenvalue weighted by Gasteiger charge is -2.21. The van der Waals surface area contributed by atoms with E-state index < -0.39 is 10.9 Å². The number of carbonyl (C=O) groups excluding carboxylic acids is 1. The Kier molecular flexibility index (Phi) is 14.4. The van der Waals surface area contributed by atoms with Gasteiger partial charge in [0.2, 0.25) is 10.9 Å². The molecule has 0 saturated heterocycles. The maximum atomic E-state index is 13.9. The molecule has 8 heteroatoms. The minimum atomic E-state index is -2.80. The van der Waals surface area contributed by atoms with E-state index in [4.69, 9.17) is 9.15 Å². The van der Waals surface area contributed by atoms with Crippen molar-refractivity contribution in [1.82, 2.24) is 4.90 Å². The third-order valence-corrected chi connectivity index (χ3v) is 8.43. The van der Waals surface area contributed by atoms with Gasteiger partial charge in [0.05, 0.1) is 17.9 Å². The zero-order valence-corrected chi connectivity index (χ0v) is 26.9. The number of aryl methyl sites for hydroxylation is 1. The number of hydrogen-bond donors (Lipinski definition) is 1. The summed E-state index contributed by atoms with van der Waals surface area (Å²) >= 11 is 0. The molecule has 3 rings (SSSR count). The molecule has 0 saturated carbocycles. The van der Waals surface area contributed by atoms with E-state index in [9.17, 15) is 13.2 Å². The van der Waals surface area contributed by atoms with E-state index in [0.717, 1.165) is 57.5 Å². The van der Waals surface area contributed by atoms with Crippen molar-refractivity contribution in [3.05, 3.63) is 59.4 Å². The molecule has 3 aromatic rings. The number of fused-ring (bicyclic) bond motifs is 1. The van der Waals surface area contributed by atoms with Gasteiger partial charge in [0.15, 0.2) is 5.78 Å². The molecule has 0 aliphatic carbocycles. The summed E-state index contributed by atoms with van der Waals surface area (Å²) in [5.74, 6) is 1.27. The van der Waals surface area contributed by atoms with Crippen molar-refractivity contribution in [2.75, 3.05) is 37.1 Å². The first-order valence-electron chi connectivity index (χ1n) is 15.9. The van der Waals surface area contributed by atoms with Gasteiger partial charge in [-0.15, -0.1) is 0 Å². The van der Waals surface area contributed by atoms with Crippen LogP contribution in [-0.2, 0) is 17.3 Å². The first-order chi connectivity index (χ1) is 20.4. The number of benzene rings is 2. The Hall–Kier alpha value is -2.84. The molecule has 1 aromatic heterocycles. The average molecular weight is 599 g/mol. The number of furan rings is 1. The molecule has 0 N–H and O–H groups in total. The van der Waals surface area contributed by atoms with Crippen LogP contribution in [0.2, 0.25) is 0 Å². The molecule has 7 nitrogen and oxygen atoms in total. The first-order valence-corrected chi connectivity index (χ1v) is 17.0. The molecule has 2 aromatic carbocycles. The Balaban J connectivity index is 1.76. The number of anilines is 1. The predicted molar refractivity (Wildman–Crippen MR) is 174 cm³/mol. The van der Waals surface area contributed by atoms with Gasteiger partial charge in [-0.3, -0.25) is 9.10 Å². The monoisotopic (exact) mass is 598 g/mol. The number of unbranched alkanes of at least 4 members (excludes halogenated alkanes) is 4. The molecule has 0 amide bonds. The van der Waals surface area contributed by atoms with Crippen LogP contribution in [0.4, 0.5) is 5.69 Å². The molecule has 0 radical (unpaired) electrons. The number of rotatable bonds is 21. The fraction of sp³-hybridized carbons (Fsp3) is 0.559. The van der Waals surface area contributed by atoms with Crippen molar-refractivity contribution < 1.29 is 22.4 Å². The van der Waals surface area contributed by atoms with Crippen LogP contribution < -0.4 is 9.04 Å². The summed E-state index contributed by atoms with van der Waals surface area (Å²) in [6.45, 7) is 12.9. The number of nitrogens with zero attached hydrogens (tertiary/aromatic N) is 2. The molecule has 1 heterocycles. The maximum Gasteiger partial charge on any atom is 0.225 e. The van der Waals surface area contributed by atoms with Crippen molar-refractivity contribution in [1.29, 1.82) is 0 Å². The van der Waals surface area contributed by atoms with Crippen LogP contribution in [0.3, 0.4) is 0 Å². The Morgan fingerprint density at radius 2 is 1.40 bits per heavy atom. The number of ether oxygens (including phenoxy) is 1. The molecule has 0 aliphatic heterocycles. The summed E-state index contributed by atoms with van der Waals surface area (Å²) in [6, 6.07) is 12.6. The zero-order valence-electron chi connectivity index (χ0n) is 26.0.